The van der Waals surface area contributed by atoms with Gasteiger partial charge in [-0.1, -0.05) is 52.9 Å². The standard InChI is InChI=1S/C19H20Cl3N5O2/c1-3-6-27-19(24-25-26-27)23-10-13-8-17(28-2)18(9-15(13)21)29-11-12-4-5-14(20)16(22)7-12/h4-5,7-9H,3,6,10-11H2,1-2H3,(H,23,24,26). The molecule has 0 bridgehead atoms. The first-order valence-corrected chi connectivity index (χ1v) is 10.1. The van der Waals surface area contributed by atoms with Crippen LogP contribution in [0.15, 0.2) is 30.3 Å². The highest BCUT2D eigenvalue weighted by Gasteiger charge is 2.13. The highest BCUT2D eigenvalue weighted by atomic mass is 35.5. The summed E-state index contributed by atoms with van der Waals surface area (Å²) in [7, 11) is 1.58. The molecule has 10 heteroatoms. The summed E-state index contributed by atoms with van der Waals surface area (Å²) in [6, 6.07) is 8.89. The molecule has 29 heavy (non-hydrogen) atoms. The van der Waals surface area contributed by atoms with Crippen LogP contribution in [0.4, 0.5) is 5.95 Å². The van der Waals surface area contributed by atoms with E-state index in [9.17, 15) is 0 Å². The average Bonchev–Trinajstić information content (AvgIpc) is 3.15. The molecule has 0 radical (unpaired) electrons. The van der Waals surface area contributed by atoms with E-state index < -0.39 is 0 Å². The van der Waals surface area contributed by atoms with Crippen molar-refractivity contribution >= 4 is 40.8 Å². The van der Waals surface area contributed by atoms with E-state index in [1.165, 1.54) is 0 Å². The second kappa shape index (κ2) is 10.0. The Bertz CT molecular complexity index is 980. The van der Waals surface area contributed by atoms with E-state index in [-0.39, 0.29) is 0 Å². The van der Waals surface area contributed by atoms with Crippen LogP contribution in [0.1, 0.15) is 24.5 Å². The Kier molecular flexibility index (Phi) is 7.41. The maximum Gasteiger partial charge on any atom is 0.243 e. The minimum Gasteiger partial charge on any atom is -0.493 e. The molecule has 1 aromatic heterocycles. The first-order valence-electron chi connectivity index (χ1n) is 8.95. The van der Waals surface area contributed by atoms with Gasteiger partial charge in [0, 0.05) is 24.2 Å². The molecule has 154 valence electrons. The van der Waals surface area contributed by atoms with Gasteiger partial charge in [0.25, 0.3) is 0 Å². The molecular weight excluding hydrogens is 437 g/mol. The van der Waals surface area contributed by atoms with Crippen LogP contribution < -0.4 is 14.8 Å². The molecule has 0 aliphatic heterocycles. The van der Waals surface area contributed by atoms with Crippen LogP contribution in [0, 0.1) is 0 Å². The van der Waals surface area contributed by atoms with Crippen LogP contribution in [0.5, 0.6) is 11.5 Å². The van der Waals surface area contributed by atoms with Gasteiger partial charge in [-0.2, -0.15) is 0 Å². The minimum atomic E-state index is 0.299. The van der Waals surface area contributed by atoms with Crippen molar-refractivity contribution in [3.8, 4) is 11.5 Å². The predicted octanol–water partition coefficient (Wildman–Crippen LogP) is 5.24. The number of halogens is 3. The number of rotatable bonds is 9. The third kappa shape index (κ3) is 5.44. The first kappa shape index (κ1) is 21.5. The summed E-state index contributed by atoms with van der Waals surface area (Å²) in [5, 5.41) is 16.3. The normalized spacial score (nSPS) is 10.8. The van der Waals surface area contributed by atoms with Crippen molar-refractivity contribution in [2.24, 2.45) is 0 Å². The summed E-state index contributed by atoms with van der Waals surface area (Å²) >= 11 is 18.5. The lowest BCUT2D eigenvalue weighted by molar-refractivity contribution is 0.284. The van der Waals surface area contributed by atoms with Crippen molar-refractivity contribution in [1.29, 1.82) is 0 Å². The predicted molar refractivity (Wildman–Crippen MR) is 114 cm³/mol. The van der Waals surface area contributed by atoms with Crippen LogP contribution in [-0.2, 0) is 19.7 Å². The quantitative estimate of drug-likeness (QED) is 0.474. The number of methoxy groups -OCH3 is 1. The summed E-state index contributed by atoms with van der Waals surface area (Å²) in [6.45, 7) is 3.52. The molecule has 1 N–H and O–H groups in total. The Morgan fingerprint density at radius 3 is 2.59 bits per heavy atom. The van der Waals surface area contributed by atoms with Crippen molar-refractivity contribution in [2.75, 3.05) is 12.4 Å². The summed E-state index contributed by atoms with van der Waals surface area (Å²) in [5.74, 6) is 1.68. The highest BCUT2D eigenvalue weighted by Crippen LogP contribution is 2.34. The number of ether oxygens (including phenoxy) is 2. The Hall–Kier alpha value is -2.22. The molecule has 0 aliphatic carbocycles. The Morgan fingerprint density at radius 2 is 1.86 bits per heavy atom. The number of nitrogens with one attached hydrogen (secondary N) is 1. The van der Waals surface area contributed by atoms with E-state index in [1.807, 2.05) is 12.1 Å². The number of aromatic nitrogens is 4. The SMILES string of the molecule is CCCn1nnnc1NCc1cc(OC)c(OCc2ccc(Cl)c(Cl)c2)cc1Cl. The highest BCUT2D eigenvalue weighted by molar-refractivity contribution is 6.42. The van der Waals surface area contributed by atoms with Gasteiger partial charge >= 0.3 is 0 Å². The lowest BCUT2D eigenvalue weighted by Crippen LogP contribution is -2.09. The van der Waals surface area contributed by atoms with Crippen LogP contribution >= 0.6 is 34.8 Å². The summed E-state index contributed by atoms with van der Waals surface area (Å²) in [4.78, 5) is 0. The summed E-state index contributed by atoms with van der Waals surface area (Å²) in [5.41, 5.74) is 1.71. The number of tetrazole rings is 1. The van der Waals surface area contributed by atoms with Gasteiger partial charge in [-0.05, 0) is 46.2 Å². The van der Waals surface area contributed by atoms with Crippen LogP contribution in [0.2, 0.25) is 15.1 Å². The second-order valence-electron chi connectivity index (χ2n) is 6.21. The molecule has 2 aromatic carbocycles. The van der Waals surface area contributed by atoms with Gasteiger partial charge in [-0.3, -0.25) is 0 Å². The Labute approximate surface area is 183 Å². The fraction of sp³-hybridized carbons (Fsp3) is 0.316. The molecule has 3 aromatic rings. The average molecular weight is 457 g/mol. The van der Waals surface area contributed by atoms with Gasteiger partial charge in [-0.25, -0.2) is 4.68 Å². The van der Waals surface area contributed by atoms with Crippen molar-refractivity contribution in [1.82, 2.24) is 20.2 Å². The van der Waals surface area contributed by atoms with Gasteiger partial charge in [0.1, 0.15) is 6.61 Å². The second-order valence-corrected chi connectivity index (χ2v) is 7.43. The zero-order chi connectivity index (χ0) is 20.8. The number of hydrogen-bond acceptors (Lipinski definition) is 6. The van der Waals surface area contributed by atoms with Gasteiger partial charge in [0.15, 0.2) is 11.5 Å². The molecule has 0 unspecified atom stereocenters. The molecular formula is C19H20Cl3N5O2. The molecule has 3 rings (SSSR count). The van der Waals surface area contributed by atoms with Crippen molar-refractivity contribution < 1.29 is 9.47 Å². The molecule has 0 saturated heterocycles. The van der Waals surface area contributed by atoms with Crippen molar-refractivity contribution in [3.05, 3.63) is 56.5 Å². The van der Waals surface area contributed by atoms with Crippen LogP contribution in [0.3, 0.4) is 0 Å². The lowest BCUT2D eigenvalue weighted by Gasteiger charge is -2.15. The Morgan fingerprint density at radius 1 is 1.03 bits per heavy atom. The van der Waals surface area contributed by atoms with Gasteiger partial charge in [0.05, 0.1) is 17.2 Å². The molecule has 0 spiro atoms. The zero-order valence-electron chi connectivity index (χ0n) is 16.0. The third-order valence-electron chi connectivity index (χ3n) is 4.12. The van der Waals surface area contributed by atoms with Gasteiger partial charge < -0.3 is 14.8 Å². The fourth-order valence-electron chi connectivity index (χ4n) is 2.64. The van der Waals surface area contributed by atoms with E-state index in [4.69, 9.17) is 44.3 Å². The fourth-order valence-corrected chi connectivity index (χ4v) is 3.18. The van der Waals surface area contributed by atoms with Gasteiger partial charge in [-0.15, -0.1) is 0 Å². The first-order chi connectivity index (χ1) is 14.0. The largest absolute Gasteiger partial charge is 0.493 e. The molecule has 0 amide bonds. The number of anilines is 1. The number of nitrogens with zero attached hydrogens (tertiary/aromatic N) is 4. The summed E-state index contributed by atoms with van der Waals surface area (Å²) in [6.07, 6.45) is 0.930. The van der Waals surface area contributed by atoms with Crippen LogP contribution in [0.25, 0.3) is 0 Å². The number of benzene rings is 2. The molecule has 0 fully saturated rings. The molecule has 0 aliphatic rings. The molecule has 0 atom stereocenters. The number of hydrogen-bond donors (Lipinski definition) is 1. The van der Waals surface area contributed by atoms with E-state index in [0.29, 0.717) is 45.7 Å². The van der Waals surface area contributed by atoms with E-state index in [0.717, 1.165) is 24.1 Å². The van der Waals surface area contributed by atoms with E-state index in [2.05, 4.69) is 27.8 Å². The topological polar surface area (TPSA) is 74.1 Å². The maximum absolute atomic E-state index is 6.45. The minimum absolute atomic E-state index is 0.299. The summed E-state index contributed by atoms with van der Waals surface area (Å²) < 4.78 is 13.1. The molecule has 1 heterocycles. The van der Waals surface area contributed by atoms with E-state index >= 15 is 0 Å². The van der Waals surface area contributed by atoms with E-state index in [1.54, 1.807) is 30.0 Å². The molecule has 0 saturated carbocycles. The monoisotopic (exact) mass is 455 g/mol. The van der Waals surface area contributed by atoms with Gasteiger partial charge in [0.2, 0.25) is 5.95 Å². The van der Waals surface area contributed by atoms with Crippen molar-refractivity contribution in [2.45, 2.75) is 33.0 Å². The van der Waals surface area contributed by atoms with Crippen LogP contribution in [-0.4, -0.2) is 27.3 Å². The maximum atomic E-state index is 6.45. The Balaban J connectivity index is 1.71. The zero-order valence-corrected chi connectivity index (χ0v) is 18.2. The van der Waals surface area contributed by atoms with Crippen molar-refractivity contribution in [3.63, 3.8) is 0 Å². The molecule has 7 nitrogen and oxygen atoms in total. The number of aryl methyl sites for hydroxylation is 1. The third-order valence-corrected chi connectivity index (χ3v) is 5.21. The lowest BCUT2D eigenvalue weighted by atomic mass is 10.2. The smallest absolute Gasteiger partial charge is 0.243 e.